The predicted molar refractivity (Wildman–Crippen MR) is 51.4 cm³/mol. The van der Waals surface area contributed by atoms with E-state index >= 15 is 0 Å². The summed E-state index contributed by atoms with van der Waals surface area (Å²) < 4.78 is 0.629. The van der Waals surface area contributed by atoms with Crippen molar-refractivity contribution in [3.05, 3.63) is 12.2 Å². The molecule has 0 amide bonds. The maximum atomic E-state index is 9.71. The van der Waals surface area contributed by atoms with Crippen LogP contribution in [0, 0.1) is 0 Å². The van der Waals surface area contributed by atoms with Crippen molar-refractivity contribution >= 4 is 22.6 Å². The lowest BCUT2D eigenvalue weighted by atomic mass is 9.89. The largest absolute Gasteiger partial charge is 0.386 e. The number of allylic oxidation sites excluding steroid dienone is 1. The fourth-order valence-corrected chi connectivity index (χ4v) is 1.66. The van der Waals surface area contributed by atoms with Crippen molar-refractivity contribution in [1.82, 2.24) is 0 Å². The number of rotatable bonds is 1. The van der Waals surface area contributed by atoms with Crippen LogP contribution in [0.3, 0.4) is 0 Å². The number of aliphatic hydroxyl groups is 1. The molecule has 1 N–H and O–H groups in total. The van der Waals surface area contributed by atoms with Crippen molar-refractivity contribution in [2.24, 2.45) is 0 Å². The molecule has 0 aliphatic heterocycles. The van der Waals surface area contributed by atoms with Gasteiger partial charge in [0.25, 0.3) is 0 Å². The first-order chi connectivity index (χ1) is 4.66. The van der Waals surface area contributed by atoms with Crippen molar-refractivity contribution in [3.8, 4) is 0 Å². The molecule has 0 bridgehead atoms. The van der Waals surface area contributed by atoms with Crippen molar-refractivity contribution in [3.63, 3.8) is 0 Å². The van der Waals surface area contributed by atoms with Crippen LogP contribution >= 0.6 is 22.6 Å². The molecule has 0 heterocycles. The zero-order valence-corrected chi connectivity index (χ0v) is 8.34. The predicted octanol–water partition coefficient (Wildman–Crippen LogP) is 2.28. The third kappa shape index (κ3) is 1.95. The maximum absolute atomic E-state index is 9.71. The zero-order valence-electron chi connectivity index (χ0n) is 6.18. The Balaban J connectivity index is 2.59. The first-order valence-electron chi connectivity index (χ1n) is 3.72. The van der Waals surface area contributed by atoms with E-state index in [0.29, 0.717) is 3.92 Å². The lowest BCUT2D eigenvalue weighted by Gasteiger charge is -2.27. The molecule has 1 rings (SSSR count). The van der Waals surface area contributed by atoms with Crippen molar-refractivity contribution in [2.45, 2.75) is 35.7 Å². The molecule has 1 nitrogen and oxygen atoms in total. The molecule has 2 atom stereocenters. The molecule has 2 unspecified atom stereocenters. The summed E-state index contributed by atoms with van der Waals surface area (Å²) in [6, 6.07) is 0. The Morgan fingerprint density at radius 1 is 1.80 bits per heavy atom. The first-order valence-corrected chi connectivity index (χ1v) is 4.97. The molecular weight excluding hydrogens is 239 g/mol. The fourth-order valence-electron chi connectivity index (χ4n) is 1.15. The minimum Gasteiger partial charge on any atom is -0.386 e. The molecular formula is C8H13IO. The molecule has 0 fully saturated rings. The van der Waals surface area contributed by atoms with E-state index in [9.17, 15) is 5.11 Å². The monoisotopic (exact) mass is 252 g/mol. The molecule has 1 aliphatic carbocycles. The Hall–Kier alpha value is 0.430. The van der Waals surface area contributed by atoms with Crippen LogP contribution in [0.5, 0.6) is 0 Å². The Labute approximate surface area is 75.7 Å². The maximum Gasteiger partial charge on any atom is 0.0825 e. The second-order valence-corrected chi connectivity index (χ2v) is 4.47. The number of halogens is 1. The molecule has 58 valence electrons. The molecule has 1 aliphatic rings. The van der Waals surface area contributed by atoms with Gasteiger partial charge in [-0.05, 0) is 19.3 Å². The minimum atomic E-state index is -0.484. The van der Waals surface area contributed by atoms with E-state index < -0.39 is 5.60 Å². The Kier molecular flexibility index (Phi) is 2.74. The number of hydrogen-bond donors (Lipinski definition) is 1. The molecule has 0 saturated carbocycles. The Morgan fingerprint density at radius 2 is 2.50 bits per heavy atom. The zero-order chi connectivity index (χ0) is 7.61. The molecule has 0 spiro atoms. The molecule has 0 aromatic heterocycles. The van der Waals surface area contributed by atoms with Crippen LogP contribution in [-0.2, 0) is 0 Å². The van der Waals surface area contributed by atoms with Crippen molar-refractivity contribution < 1.29 is 5.11 Å². The summed E-state index contributed by atoms with van der Waals surface area (Å²) in [5.41, 5.74) is -0.484. The van der Waals surface area contributed by atoms with Crippen LogP contribution in [0.25, 0.3) is 0 Å². The number of hydrogen-bond acceptors (Lipinski definition) is 1. The van der Waals surface area contributed by atoms with Gasteiger partial charge in [-0.25, -0.2) is 0 Å². The van der Waals surface area contributed by atoms with Crippen LogP contribution in [-0.4, -0.2) is 14.6 Å². The van der Waals surface area contributed by atoms with Gasteiger partial charge in [0.15, 0.2) is 0 Å². The van der Waals surface area contributed by atoms with Crippen LogP contribution in [0.2, 0.25) is 0 Å². The van der Waals surface area contributed by atoms with E-state index in [4.69, 9.17) is 0 Å². The molecule has 2 heteroatoms. The quantitative estimate of drug-likeness (QED) is 0.431. The summed E-state index contributed by atoms with van der Waals surface area (Å²) in [4.78, 5) is 0. The fraction of sp³-hybridized carbons (Fsp3) is 0.750. The molecule has 0 aromatic rings. The third-order valence-corrected chi connectivity index (χ3v) is 3.12. The summed E-state index contributed by atoms with van der Waals surface area (Å²) in [6.45, 7) is 2.03. The summed E-state index contributed by atoms with van der Waals surface area (Å²) in [5, 5.41) is 9.71. The Morgan fingerprint density at radius 3 is 2.90 bits per heavy atom. The SMILES string of the molecule is CCC1(O)C=CC(I)CC1. The summed E-state index contributed by atoms with van der Waals surface area (Å²) in [6.07, 6.45) is 6.93. The lowest BCUT2D eigenvalue weighted by molar-refractivity contribution is 0.0719. The highest BCUT2D eigenvalue weighted by atomic mass is 127. The Bertz CT molecular complexity index is 144. The van der Waals surface area contributed by atoms with E-state index in [1.54, 1.807) is 0 Å². The van der Waals surface area contributed by atoms with Gasteiger partial charge in [-0.15, -0.1) is 0 Å². The van der Waals surface area contributed by atoms with Gasteiger partial charge in [-0.2, -0.15) is 0 Å². The topological polar surface area (TPSA) is 20.2 Å². The summed E-state index contributed by atoms with van der Waals surface area (Å²) in [5.74, 6) is 0. The average molecular weight is 252 g/mol. The van der Waals surface area contributed by atoms with E-state index in [2.05, 4.69) is 28.7 Å². The number of alkyl halides is 1. The normalized spacial score (nSPS) is 40.1. The minimum absolute atomic E-state index is 0.484. The smallest absolute Gasteiger partial charge is 0.0825 e. The molecule has 0 saturated heterocycles. The van der Waals surface area contributed by atoms with E-state index in [1.807, 2.05) is 13.0 Å². The standard InChI is InChI=1S/C8H13IO/c1-2-8(10)5-3-7(9)4-6-8/h3,5,7,10H,2,4,6H2,1H3. The van der Waals surface area contributed by atoms with Gasteiger partial charge in [-0.1, -0.05) is 41.7 Å². The van der Waals surface area contributed by atoms with Gasteiger partial charge in [0, 0.05) is 3.92 Å². The highest BCUT2D eigenvalue weighted by molar-refractivity contribution is 14.1. The van der Waals surface area contributed by atoms with Gasteiger partial charge in [0.05, 0.1) is 5.60 Å². The first kappa shape index (κ1) is 8.53. The average Bonchev–Trinajstić information content (AvgIpc) is 1.96. The van der Waals surface area contributed by atoms with E-state index in [-0.39, 0.29) is 0 Å². The van der Waals surface area contributed by atoms with Gasteiger partial charge < -0.3 is 5.11 Å². The second kappa shape index (κ2) is 3.22. The van der Waals surface area contributed by atoms with Crippen LogP contribution in [0.15, 0.2) is 12.2 Å². The van der Waals surface area contributed by atoms with Crippen LogP contribution in [0.4, 0.5) is 0 Å². The highest BCUT2D eigenvalue weighted by Gasteiger charge is 2.25. The molecule has 10 heavy (non-hydrogen) atoms. The van der Waals surface area contributed by atoms with Gasteiger partial charge in [0.1, 0.15) is 0 Å². The highest BCUT2D eigenvalue weighted by Crippen LogP contribution is 2.28. The van der Waals surface area contributed by atoms with Crippen LogP contribution < -0.4 is 0 Å². The van der Waals surface area contributed by atoms with Gasteiger partial charge in [-0.3, -0.25) is 0 Å². The van der Waals surface area contributed by atoms with Gasteiger partial charge in [0.2, 0.25) is 0 Å². The molecule has 0 radical (unpaired) electrons. The molecule has 0 aromatic carbocycles. The van der Waals surface area contributed by atoms with E-state index in [1.165, 1.54) is 0 Å². The summed E-state index contributed by atoms with van der Waals surface area (Å²) >= 11 is 2.39. The van der Waals surface area contributed by atoms with Crippen molar-refractivity contribution in [1.29, 1.82) is 0 Å². The van der Waals surface area contributed by atoms with E-state index in [0.717, 1.165) is 19.3 Å². The third-order valence-electron chi connectivity index (χ3n) is 2.08. The second-order valence-electron chi connectivity index (χ2n) is 2.87. The lowest BCUT2D eigenvalue weighted by Crippen LogP contribution is -2.28. The summed E-state index contributed by atoms with van der Waals surface area (Å²) in [7, 11) is 0. The van der Waals surface area contributed by atoms with Crippen molar-refractivity contribution in [2.75, 3.05) is 0 Å². The van der Waals surface area contributed by atoms with Gasteiger partial charge >= 0.3 is 0 Å². The van der Waals surface area contributed by atoms with Crippen LogP contribution in [0.1, 0.15) is 26.2 Å².